The minimum atomic E-state index is -0.428. The molecule has 0 radical (unpaired) electrons. The van der Waals surface area contributed by atoms with Crippen molar-refractivity contribution >= 4 is 5.69 Å². The molecule has 0 unspecified atom stereocenters. The Kier molecular flexibility index (Phi) is 4.84. The predicted molar refractivity (Wildman–Crippen MR) is 48.7 cm³/mol. The lowest BCUT2D eigenvalue weighted by Crippen LogP contribution is -1.90. The Labute approximate surface area is 72.2 Å². The van der Waals surface area contributed by atoms with Crippen LogP contribution in [0.3, 0.4) is 0 Å². The first kappa shape index (κ1) is 10.8. The van der Waals surface area contributed by atoms with E-state index >= 15 is 0 Å². The van der Waals surface area contributed by atoms with E-state index in [-0.39, 0.29) is 5.75 Å². The Morgan fingerprint density at radius 3 is 2.33 bits per heavy atom. The van der Waals surface area contributed by atoms with Crippen molar-refractivity contribution in [2.75, 3.05) is 12.8 Å². The van der Waals surface area contributed by atoms with Crippen molar-refractivity contribution in [2.45, 2.75) is 13.8 Å². The molecule has 0 aliphatic heterocycles. The van der Waals surface area contributed by atoms with E-state index in [9.17, 15) is 4.39 Å². The molecule has 12 heavy (non-hydrogen) atoms. The van der Waals surface area contributed by atoms with Crippen LogP contribution in [0, 0.1) is 5.82 Å². The lowest BCUT2D eigenvalue weighted by molar-refractivity contribution is 0.387. The summed E-state index contributed by atoms with van der Waals surface area (Å²) in [6, 6.07) is 4.30. The van der Waals surface area contributed by atoms with Crippen LogP contribution < -0.4 is 10.5 Å². The van der Waals surface area contributed by atoms with E-state index in [1.807, 2.05) is 13.8 Å². The van der Waals surface area contributed by atoms with E-state index in [1.165, 1.54) is 19.2 Å². The number of nitrogens with two attached hydrogens (primary N) is 1. The number of hydrogen-bond donors (Lipinski definition) is 1. The molecule has 1 aromatic carbocycles. The van der Waals surface area contributed by atoms with Gasteiger partial charge in [-0.2, -0.15) is 0 Å². The summed E-state index contributed by atoms with van der Waals surface area (Å²) in [6.45, 7) is 4.00. The second-order valence-electron chi connectivity index (χ2n) is 1.89. The lowest BCUT2D eigenvalue weighted by atomic mass is 10.3. The third kappa shape index (κ3) is 2.78. The van der Waals surface area contributed by atoms with Gasteiger partial charge in [0.1, 0.15) is 0 Å². The summed E-state index contributed by atoms with van der Waals surface area (Å²) in [5.74, 6) is -0.211. The van der Waals surface area contributed by atoms with E-state index in [0.717, 1.165) is 0 Å². The van der Waals surface area contributed by atoms with Crippen LogP contribution in [0.1, 0.15) is 13.8 Å². The van der Waals surface area contributed by atoms with E-state index in [0.29, 0.717) is 5.69 Å². The summed E-state index contributed by atoms with van der Waals surface area (Å²) in [5, 5.41) is 0. The number of ether oxygens (including phenoxy) is 1. The maximum absolute atomic E-state index is 12.6. The second-order valence-corrected chi connectivity index (χ2v) is 1.89. The highest BCUT2D eigenvalue weighted by Gasteiger charge is 1.99. The number of benzene rings is 1. The van der Waals surface area contributed by atoms with E-state index in [2.05, 4.69) is 4.74 Å². The number of hydrogen-bond acceptors (Lipinski definition) is 2. The van der Waals surface area contributed by atoms with Gasteiger partial charge in [0.25, 0.3) is 0 Å². The summed E-state index contributed by atoms with van der Waals surface area (Å²) in [5.41, 5.74) is 5.69. The van der Waals surface area contributed by atoms with Crippen molar-refractivity contribution in [1.29, 1.82) is 0 Å². The van der Waals surface area contributed by atoms with Gasteiger partial charge in [-0.1, -0.05) is 13.8 Å². The molecule has 0 aliphatic rings. The van der Waals surface area contributed by atoms with Crippen LogP contribution in [0.25, 0.3) is 0 Å². The van der Waals surface area contributed by atoms with Gasteiger partial charge in [-0.3, -0.25) is 0 Å². The number of rotatable bonds is 1. The molecule has 3 heteroatoms. The average molecular weight is 171 g/mol. The Morgan fingerprint density at radius 1 is 1.33 bits per heavy atom. The third-order valence-corrected chi connectivity index (χ3v) is 1.18. The summed E-state index contributed by atoms with van der Waals surface area (Å²) in [7, 11) is 1.41. The Balaban J connectivity index is 0.000000561. The van der Waals surface area contributed by atoms with E-state index in [1.54, 1.807) is 6.07 Å². The highest BCUT2D eigenvalue weighted by molar-refractivity contribution is 5.42. The van der Waals surface area contributed by atoms with Gasteiger partial charge in [0.2, 0.25) is 0 Å². The fraction of sp³-hybridized carbons (Fsp3) is 0.333. The van der Waals surface area contributed by atoms with Crippen molar-refractivity contribution in [3.8, 4) is 5.75 Å². The second kappa shape index (κ2) is 5.41. The predicted octanol–water partition coefficient (Wildman–Crippen LogP) is 2.44. The van der Waals surface area contributed by atoms with Crippen LogP contribution in [-0.2, 0) is 0 Å². The van der Waals surface area contributed by atoms with Crippen LogP contribution in [0.5, 0.6) is 5.75 Å². The molecule has 2 N–H and O–H groups in total. The molecule has 0 bridgehead atoms. The highest BCUT2D eigenvalue weighted by Crippen LogP contribution is 2.18. The minimum absolute atomic E-state index is 0.217. The van der Waals surface area contributed by atoms with Gasteiger partial charge in [-0.15, -0.1) is 0 Å². The normalized spacial score (nSPS) is 8.33. The summed E-state index contributed by atoms with van der Waals surface area (Å²) < 4.78 is 17.3. The van der Waals surface area contributed by atoms with Crippen LogP contribution in [-0.4, -0.2) is 7.11 Å². The van der Waals surface area contributed by atoms with Gasteiger partial charge in [0, 0.05) is 11.8 Å². The standard InChI is InChI=1S/C7H8FNO.C2H6/c1-10-7-3-2-5(9)4-6(7)8;1-2/h2-4H,9H2,1H3;1-2H3. The zero-order valence-electron chi connectivity index (χ0n) is 7.60. The first-order valence-electron chi connectivity index (χ1n) is 3.83. The van der Waals surface area contributed by atoms with Crippen LogP contribution in [0.4, 0.5) is 10.1 Å². The molecule has 0 aliphatic carbocycles. The zero-order chi connectivity index (χ0) is 9.56. The van der Waals surface area contributed by atoms with Crippen molar-refractivity contribution < 1.29 is 9.13 Å². The van der Waals surface area contributed by atoms with Crippen molar-refractivity contribution in [1.82, 2.24) is 0 Å². The van der Waals surface area contributed by atoms with Gasteiger partial charge in [0.05, 0.1) is 7.11 Å². The Bertz CT molecular complexity index is 238. The summed E-state index contributed by atoms with van der Waals surface area (Å²) in [6.07, 6.45) is 0. The maximum atomic E-state index is 12.6. The van der Waals surface area contributed by atoms with Gasteiger partial charge in [-0.25, -0.2) is 4.39 Å². The molecule has 0 amide bonds. The molecule has 0 fully saturated rings. The molecule has 0 saturated heterocycles. The Morgan fingerprint density at radius 2 is 1.92 bits per heavy atom. The Hall–Kier alpha value is -1.25. The van der Waals surface area contributed by atoms with Crippen molar-refractivity contribution in [2.24, 2.45) is 0 Å². The number of halogens is 1. The van der Waals surface area contributed by atoms with Gasteiger partial charge in [-0.05, 0) is 12.1 Å². The number of nitrogen functional groups attached to an aromatic ring is 1. The molecule has 0 spiro atoms. The quantitative estimate of drug-likeness (QED) is 0.659. The average Bonchev–Trinajstić information content (AvgIpc) is 2.08. The zero-order valence-corrected chi connectivity index (χ0v) is 7.60. The largest absolute Gasteiger partial charge is 0.494 e. The van der Waals surface area contributed by atoms with Crippen molar-refractivity contribution in [3.05, 3.63) is 24.0 Å². The van der Waals surface area contributed by atoms with Crippen LogP contribution >= 0.6 is 0 Å². The number of anilines is 1. The van der Waals surface area contributed by atoms with E-state index in [4.69, 9.17) is 5.73 Å². The summed E-state index contributed by atoms with van der Waals surface area (Å²) >= 11 is 0. The van der Waals surface area contributed by atoms with Gasteiger partial charge >= 0.3 is 0 Å². The summed E-state index contributed by atoms with van der Waals surface area (Å²) in [4.78, 5) is 0. The van der Waals surface area contributed by atoms with Gasteiger partial charge in [0.15, 0.2) is 11.6 Å². The van der Waals surface area contributed by atoms with Gasteiger partial charge < -0.3 is 10.5 Å². The fourth-order valence-electron chi connectivity index (χ4n) is 0.683. The third-order valence-electron chi connectivity index (χ3n) is 1.18. The first-order valence-corrected chi connectivity index (χ1v) is 3.83. The topological polar surface area (TPSA) is 35.2 Å². The monoisotopic (exact) mass is 171 g/mol. The molecule has 0 saturated carbocycles. The molecular formula is C9H14FNO. The molecule has 1 rings (SSSR count). The molecular weight excluding hydrogens is 157 g/mol. The molecule has 0 atom stereocenters. The van der Waals surface area contributed by atoms with E-state index < -0.39 is 5.82 Å². The number of methoxy groups -OCH3 is 1. The SMILES string of the molecule is CC.COc1ccc(N)cc1F. The minimum Gasteiger partial charge on any atom is -0.494 e. The van der Waals surface area contributed by atoms with Crippen LogP contribution in [0.15, 0.2) is 18.2 Å². The molecule has 0 aromatic heterocycles. The highest BCUT2D eigenvalue weighted by atomic mass is 19.1. The lowest BCUT2D eigenvalue weighted by Gasteiger charge is -2.00. The molecule has 1 aromatic rings. The molecule has 68 valence electrons. The first-order chi connectivity index (χ1) is 5.74. The maximum Gasteiger partial charge on any atom is 0.167 e. The fourth-order valence-corrected chi connectivity index (χ4v) is 0.683. The molecule has 2 nitrogen and oxygen atoms in total. The smallest absolute Gasteiger partial charge is 0.167 e. The van der Waals surface area contributed by atoms with Crippen LogP contribution in [0.2, 0.25) is 0 Å². The molecule has 0 heterocycles. The van der Waals surface area contributed by atoms with Crippen molar-refractivity contribution in [3.63, 3.8) is 0 Å².